The minimum Gasteiger partial charge on any atom is -0.329 e. The number of para-hydroxylation sites is 1. The fourth-order valence-electron chi connectivity index (χ4n) is 2.62. The van der Waals surface area contributed by atoms with Gasteiger partial charge in [-0.05, 0) is 31.9 Å². The molecule has 1 aromatic heterocycles. The van der Waals surface area contributed by atoms with Crippen molar-refractivity contribution in [2.75, 3.05) is 11.9 Å². The van der Waals surface area contributed by atoms with Gasteiger partial charge in [0.1, 0.15) is 5.82 Å². The largest absolute Gasteiger partial charge is 0.329 e. The summed E-state index contributed by atoms with van der Waals surface area (Å²) in [5.41, 5.74) is 3.59. The highest BCUT2D eigenvalue weighted by Crippen LogP contribution is 2.29. The second-order valence-corrected chi connectivity index (χ2v) is 5.56. The Morgan fingerprint density at radius 3 is 2.65 bits per heavy atom. The Hall–Kier alpha value is -1.81. The average Bonchev–Trinajstić information content (AvgIpc) is 3.23. The monoisotopic (exact) mass is 270 g/mol. The number of anilines is 2. The van der Waals surface area contributed by atoms with E-state index in [2.05, 4.69) is 53.6 Å². The van der Waals surface area contributed by atoms with Crippen LogP contribution in [0.1, 0.15) is 24.1 Å². The molecule has 1 saturated carbocycles. The Kier molecular flexibility index (Phi) is 3.49. The summed E-state index contributed by atoms with van der Waals surface area (Å²) in [5, 5.41) is 8.18. The predicted molar refractivity (Wildman–Crippen MR) is 82.3 cm³/mol. The molecule has 0 unspecified atom stereocenters. The molecule has 1 fully saturated rings. The summed E-state index contributed by atoms with van der Waals surface area (Å²) in [7, 11) is 4.12. The van der Waals surface area contributed by atoms with Gasteiger partial charge in [0.05, 0.1) is 5.69 Å². The van der Waals surface area contributed by atoms with E-state index in [4.69, 9.17) is 0 Å². The maximum Gasteiger partial charge on any atom is 0.135 e. The van der Waals surface area contributed by atoms with Crippen molar-refractivity contribution in [2.24, 2.45) is 7.05 Å². The lowest BCUT2D eigenvalue weighted by molar-refractivity contribution is 0.684. The molecule has 3 rings (SSSR count). The van der Waals surface area contributed by atoms with Crippen molar-refractivity contribution < 1.29 is 0 Å². The molecule has 0 atom stereocenters. The normalized spacial score (nSPS) is 14.6. The number of rotatable bonds is 5. The first-order valence-corrected chi connectivity index (χ1v) is 7.21. The lowest BCUT2D eigenvalue weighted by Gasteiger charge is -2.21. The van der Waals surface area contributed by atoms with E-state index in [1.807, 2.05) is 17.8 Å². The molecule has 0 saturated heterocycles. The molecule has 0 spiro atoms. The van der Waals surface area contributed by atoms with E-state index in [0.717, 1.165) is 12.2 Å². The number of hydrogen-bond donors (Lipinski definition) is 1. The fraction of sp³-hybridized carbons (Fsp3) is 0.438. The Morgan fingerprint density at radius 1 is 1.30 bits per heavy atom. The van der Waals surface area contributed by atoms with Gasteiger partial charge in [-0.3, -0.25) is 4.68 Å². The van der Waals surface area contributed by atoms with Gasteiger partial charge in [0.2, 0.25) is 0 Å². The first-order chi connectivity index (χ1) is 9.66. The van der Waals surface area contributed by atoms with Crippen LogP contribution in [0.5, 0.6) is 0 Å². The van der Waals surface area contributed by atoms with Gasteiger partial charge in [0.15, 0.2) is 0 Å². The molecule has 4 heteroatoms. The topological polar surface area (TPSA) is 33.1 Å². The molecule has 0 amide bonds. The summed E-state index contributed by atoms with van der Waals surface area (Å²) in [4.78, 5) is 2.21. The third kappa shape index (κ3) is 2.56. The highest BCUT2D eigenvalue weighted by molar-refractivity contribution is 5.63. The first-order valence-electron chi connectivity index (χ1n) is 7.21. The number of aromatic nitrogens is 2. The van der Waals surface area contributed by atoms with E-state index in [9.17, 15) is 0 Å². The van der Waals surface area contributed by atoms with Gasteiger partial charge in [-0.25, -0.2) is 0 Å². The molecule has 20 heavy (non-hydrogen) atoms. The molecule has 1 N–H and O–H groups in total. The third-order valence-electron chi connectivity index (χ3n) is 3.92. The molecule has 106 valence electrons. The smallest absolute Gasteiger partial charge is 0.135 e. The average molecular weight is 270 g/mol. The van der Waals surface area contributed by atoms with Crippen LogP contribution in [0.2, 0.25) is 0 Å². The molecule has 0 radical (unpaired) electrons. The van der Waals surface area contributed by atoms with Gasteiger partial charge < -0.3 is 10.2 Å². The van der Waals surface area contributed by atoms with Crippen LogP contribution in [-0.2, 0) is 13.6 Å². The minimum atomic E-state index is 0.712. The molecular weight excluding hydrogens is 248 g/mol. The summed E-state index contributed by atoms with van der Waals surface area (Å²) < 4.78 is 1.98. The van der Waals surface area contributed by atoms with Crippen LogP contribution in [0, 0.1) is 6.92 Å². The molecule has 1 aliphatic rings. The molecule has 1 heterocycles. The lowest BCUT2D eigenvalue weighted by atomic mass is 10.2. The van der Waals surface area contributed by atoms with Gasteiger partial charge in [-0.1, -0.05) is 18.2 Å². The van der Waals surface area contributed by atoms with E-state index < -0.39 is 0 Å². The zero-order valence-corrected chi connectivity index (χ0v) is 12.4. The second kappa shape index (κ2) is 5.29. The quantitative estimate of drug-likeness (QED) is 0.907. The SMILES string of the molecule is Cc1nn(C)c(N(C)c2ccccc2)c1CNC1CC1. The Morgan fingerprint density at radius 2 is 2.00 bits per heavy atom. The Labute approximate surface area is 120 Å². The van der Waals surface area contributed by atoms with Crippen LogP contribution in [0.3, 0.4) is 0 Å². The number of aryl methyl sites for hydroxylation is 2. The standard InChI is InChI=1S/C16H22N4/c1-12-15(11-17-13-9-10-13)16(20(3)18-12)19(2)14-7-5-4-6-8-14/h4-8,13,17H,9-11H2,1-3H3. The number of hydrogen-bond acceptors (Lipinski definition) is 3. The zero-order chi connectivity index (χ0) is 14.1. The van der Waals surface area contributed by atoms with Crippen molar-refractivity contribution >= 4 is 11.5 Å². The van der Waals surface area contributed by atoms with Crippen molar-refractivity contribution in [3.8, 4) is 0 Å². The van der Waals surface area contributed by atoms with Gasteiger partial charge in [0.25, 0.3) is 0 Å². The number of nitrogens with zero attached hydrogens (tertiary/aromatic N) is 3. The second-order valence-electron chi connectivity index (χ2n) is 5.56. The van der Waals surface area contributed by atoms with Crippen LogP contribution >= 0.6 is 0 Å². The van der Waals surface area contributed by atoms with Crippen molar-refractivity contribution in [3.05, 3.63) is 41.6 Å². The van der Waals surface area contributed by atoms with Crippen LogP contribution in [0.25, 0.3) is 0 Å². The van der Waals surface area contributed by atoms with Crippen molar-refractivity contribution in [2.45, 2.75) is 32.4 Å². The maximum absolute atomic E-state index is 4.59. The van der Waals surface area contributed by atoms with Crippen LogP contribution < -0.4 is 10.2 Å². The van der Waals surface area contributed by atoms with Crippen molar-refractivity contribution in [1.29, 1.82) is 0 Å². The zero-order valence-electron chi connectivity index (χ0n) is 12.4. The van der Waals surface area contributed by atoms with E-state index >= 15 is 0 Å². The Balaban J connectivity index is 1.90. The lowest BCUT2D eigenvalue weighted by Crippen LogP contribution is -2.20. The van der Waals surface area contributed by atoms with E-state index in [1.54, 1.807) is 0 Å². The number of benzene rings is 1. The minimum absolute atomic E-state index is 0.712. The summed E-state index contributed by atoms with van der Waals surface area (Å²) in [6.45, 7) is 2.99. The van der Waals surface area contributed by atoms with Crippen molar-refractivity contribution in [1.82, 2.24) is 15.1 Å². The molecule has 2 aromatic rings. The highest BCUT2D eigenvalue weighted by Gasteiger charge is 2.23. The molecule has 0 bridgehead atoms. The van der Waals surface area contributed by atoms with Crippen molar-refractivity contribution in [3.63, 3.8) is 0 Å². The summed E-state index contributed by atoms with van der Waals surface area (Å²) in [6.07, 6.45) is 2.62. The molecule has 1 aliphatic carbocycles. The third-order valence-corrected chi connectivity index (χ3v) is 3.92. The van der Waals surface area contributed by atoms with Gasteiger partial charge in [-0.15, -0.1) is 0 Å². The van der Waals surface area contributed by atoms with E-state index in [1.165, 1.54) is 29.9 Å². The van der Waals surface area contributed by atoms with Gasteiger partial charge >= 0.3 is 0 Å². The summed E-state index contributed by atoms with van der Waals surface area (Å²) in [5.74, 6) is 1.17. The highest BCUT2D eigenvalue weighted by atomic mass is 15.4. The van der Waals surface area contributed by atoms with Crippen LogP contribution in [0.4, 0.5) is 11.5 Å². The van der Waals surface area contributed by atoms with Gasteiger partial charge in [-0.2, -0.15) is 5.10 Å². The van der Waals surface area contributed by atoms with Gasteiger partial charge in [0, 0.05) is 37.9 Å². The summed E-state index contributed by atoms with van der Waals surface area (Å²) >= 11 is 0. The fourth-order valence-corrected chi connectivity index (χ4v) is 2.62. The molecule has 1 aromatic carbocycles. The molecule has 0 aliphatic heterocycles. The summed E-state index contributed by atoms with van der Waals surface area (Å²) in [6, 6.07) is 11.1. The predicted octanol–water partition coefficient (Wildman–Crippen LogP) is 2.75. The maximum atomic E-state index is 4.59. The van der Waals surface area contributed by atoms with Crippen LogP contribution in [-0.4, -0.2) is 22.9 Å². The number of nitrogens with one attached hydrogen (secondary N) is 1. The molecule has 4 nitrogen and oxygen atoms in total. The van der Waals surface area contributed by atoms with Crippen LogP contribution in [0.15, 0.2) is 30.3 Å². The van der Waals surface area contributed by atoms with E-state index in [0.29, 0.717) is 6.04 Å². The molecular formula is C16H22N4. The Bertz CT molecular complexity index is 584. The van der Waals surface area contributed by atoms with E-state index in [-0.39, 0.29) is 0 Å². The first kappa shape index (κ1) is 13.2.